The van der Waals surface area contributed by atoms with Crippen molar-refractivity contribution >= 4 is 11.6 Å². The average molecular weight is 149 g/mol. The highest BCUT2D eigenvalue weighted by Crippen LogP contribution is 2.24. The summed E-state index contributed by atoms with van der Waals surface area (Å²) in [5, 5.41) is 9.28. The summed E-state index contributed by atoms with van der Waals surface area (Å²) in [5.74, 6) is 1.00. The summed E-state index contributed by atoms with van der Waals surface area (Å²) in [6.07, 6.45) is 4.38. The van der Waals surface area contributed by atoms with Gasteiger partial charge in [0.05, 0.1) is 6.10 Å². The second kappa shape index (κ2) is 3.43. The second-order valence-corrected chi connectivity index (χ2v) is 3.07. The average Bonchev–Trinajstić information content (AvgIpc) is 1.89. The van der Waals surface area contributed by atoms with E-state index in [4.69, 9.17) is 11.6 Å². The molecule has 0 unspecified atom stereocenters. The van der Waals surface area contributed by atoms with E-state index in [0.29, 0.717) is 11.8 Å². The van der Waals surface area contributed by atoms with Crippen LogP contribution in [0.5, 0.6) is 0 Å². The fraction of sp³-hybridized carbons (Fsp3) is 1.00. The smallest absolute Gasteiger partial charge is 0.0579 e. The molecule has 0 saturated heterocycles. The van der Waals surface area contributed by atoms with E-state index in [1.165, 1.54) is 12.8 Å². The molecule has 0 aromatic heterocycles. The highest BCUT2D eigenvalue weighted by atomic mass is 35.5. The number of rotatable bonds is 1. The second-order valence-electron chi connectivity index (χ2n) is 2.77. The predicted molar refractivity (Wildman–Crippen MR) is 38.7 cm³/mol. The first-order chi connectivity index (χ1) is 4.34. The van der Waals surface area contributed by atoms with Crippen molar-refractivity contribution in [2.75, 3.05) is 5.88 Å². The Morgan fingerprint density at radius 1 is 1.33 bits per heavy atom. The normalized spacial score (nSPS) is 36.7. The molecule has 1 N–H and O–H groups in total. The first-order valence-corrected chi connectivity index (χ1v) is 4.12. The molecular weight excluding hydrogens is 136 g/mol. The predicted octanol–water partition coefficient (Wildman–Crippen LogP) is 1.78. The van der Waals surface area contributed by atoms with Gasteiger partial charge in [-0.25, -0.2) is 0 Å². The van der Waals surface area contributed by atoms with Crippen molar-refractivity contribution in [1.82, 2.24) is 0 Å². The molecule has 0 aliphatic heterocycles. The van der Waals surface area contributed by atoms with Crippen LogP contribution in [0.15, 0.2) is 0 Å². The Balaban J connectivity index is 2.30. The molecule has 2 heteroatoms. The molecule has 1 nitrogen and oxygen atoms in total. The van der Waals surface area contributed by atoms with Crippen LogP contribution in [-0.2, 0) is 0 Å². The third kappa shape index (κ3) is 1.84. The molecule has 54 valence electrons. The highest BCUT2D eigenvalue weighted by molar-refractivity contribution is 6.18. The fourth-order valence-corrected chi connectivity index (χ4v) is 1.73. The Morgan fingerprint density at radius 2 is 2.00 bits per heavy atom. The van der Waals surface area contributed by atoms with E-state index in [0.717, 1.165) is 12.8 Å². The molecule has 9 heavy (non-hydrogen) atoms. The number of halogens is 1. The van der Waals surface area contributed by atoms with E-state index in [9.17, 15) is 5.11 Å². The van der Waals surface area contributed by atoms with Crippen molar-refractivity contribution in [1.29, 1.82) is 0 Å². The maximum Gasteiger partial charge on any atom is 0.0579 e. The Bertz CT molecular complexity index is 85.0. The van der Waals surface area contributed by atoms with Gasteiger partial charge in [0.25, 0.3) is 0 Å². The summed E-state index contributed by atoms with van der Waals surface area (Å²) in [4.78, 5) is 0. The molecule has 1 fully saturated rings. The molecule has 2 atom stereocenters. The summed E-state index contributed by atoms with van der Waals surface area (Å²) in [5.41, 5.74) is 0. The van der Waals surface area contributed by atoms with Crippen LogP contribution in [0.2, 0.25) is 0 Å². The lowest BCUT2D eigenvalue weighted by atomic mass is 9.88. The van der Waals surface area contributed by atoms with Crippen LogP contribution in [0, 0.1) is 5.92 Å². The third-order valence-electron chi connectivity index (χ3n) is 2.07. The number of hydrogen-bond acceptors (Lipinski definition) is 1. The van der Waals surface area contributed by atoms with Gasteiger partial charge in [-0.05, 0) is 18.8 Å². The minimum Gasteiger partial charge on any atom is -0.393 e. The molecule has 1 saturated carbocycles. The van der Waals surface area contributed by atoms with Gasteiger partial charge >= 0.3 is 0 Å². The van der Waals surface area contributed by atoms with Gasteiger partial charge in [-0.15, -0.1) is 11.6 Å². The molecule has 0 heterocycles. The van der Waals surface area contributed by atoms with Crippen LogP contribution in [0.3, 0.4) is 0 Å². The minimum atomic E-state index is -0.115. The standard InChI is InChI=1S/C7H13ClO/c8-5-6-3-1-2-4-7(6)9/h6-7,9H,1-5H2/t6-,7+/m0/s1. The lowest BCUT2D eigenvalue weighted by Gasteiger charge is -2.25. The van der Waals surface area contributed by atoms with Gasteiger partial charge in [0.2, 0.25) is 0 Å². The van der Waals surface area contributed by atoms with Gasteiger partial charge in [0.15, 0.2) is 0 Å². The van der Waals surface area contributed by atoms with Crippen molar-refractivity contribution < 1.29 is 5.11 Å². The highest BCUT2D eigenvalue weighted by Gasteiger charge is 2.21. The summed E-state index contributed by atoms with van der Waals surface area (Å²) >= 11 is 5.62. The summed E-state index contributed by atoms with van der Waals surface area (Å²) in [6, 6.07) is 0. The van der Waals surface area contributed by atoms with Crippen LogP contribution in [0.25, 0.3) is 0 Å². The van der Waals surface area contributed by atoms with Crippen molar-refractivity contribution in [2.24, 2.45) is 5.92 Å². The van der Waals surface area contributed by atoms with E-state index in [1.54, 1.807) is 0 Å². The van der Waals surface area contributed by atoms with E-state index < -0.39 is 0 Å². The lowest BCUT2D eigenvalue weighted by Crippen LogP contribution is -2.25. The van der Waals surface area contributed by atoms with Crippen LogP contribution < -0.4 is 0 Å². The maximum atomic E-state index is 9.28. The van der Waals surface area contributed by atoms with E-state index in [2.05, 4.69) is 0 Å². The molecular formula is C7H13ClO. The van der Waals surface area contributed by atoms with Crippen molar-refractivity contribution in [3.63, 3.8) is 0 Å². The summed E-state index contributed by atoms with van der Waals surface area (Å²) in [7, 11) is 0. The Kier molecular flexibility index (Phi) is 2.80. The molecule has 1 aliphatic carbocycles. The Hall–Kier alpha value is 0.250. The minimum absolute atomic E-state index is 0.115. The summed E-state index contributed by atoms with van der Waals surface area (Å²) < 4.78 is 0. The monoisotopic (exact) mass is 148 g/mol. The van der Waals surface area contributed by atoms with Crippen molar-refractivity contribution in [2.45, 2.75) is 31.8 Å². The molecule has 0 aromatic rings. The van der Waals surface area contributed by atoms with Crippen LogP contribution >= 0.6 is 11.6 Å². The topological polar surface area (TPSA) is 20.2 Å². The quantitative estimate of drug-likeness (QED) is 0.562. The SMILES string of the molecule is O[C@@H]1CCCC[C@H]1CCl. The van der Waals surface area contributed by atoms with Crippen molar-refractivity contribution in [3.05, 3.63) is 0 Å². The Labute approximate surface area is 61.0 Å². The van der Waals surface area contributed by atoms with Crippen LogP contribution in [-0.4, -0.2) is 17.1 Å². The number of aliphatic hydroxyl groups is 1. The zero-order valence-electron chi connectivity index (χ0n) is 5.52. The maximum absolute atomic E-state index is 9.28. The molecule has 0 bridgehead atoms. The molecule has 0 aromatic carbocycles. The Morgan fingerprint density at radius 3 is 2.44 bits per heavy atom. The van der Waals surface area contributed by atoms with Gasteiger partial charge < -0.3 is 5.11 Å². The van der Waals surface area contributed by atoms with Gasteiger partial charge in [-0.3, -0.25) is 0 Å². The molecule has 1 rings (SSSR count). The van der Waals surface area contributed by atoms with Crippen LogP contribution in [0.1, 0.15) is 25.7 Å². The number of hydrogen-bond donors (Lipinski definition) is 1. The van der Waals surface area contributed by atoms with E-state index in [-0.39, 0.29) is 6.10 Å². The molecule has 0 amide bonds. The van der Waals surface area contributed by atoms with Gasteiger partial charge in [-0.2, -0.15) is 0 Å². The third-order valence-corrected chi connectivity index (χ3v) is 2.46. The number of aliphatic hydroxyl groups excluding tert-OH is 1. The van der Waals surface area contributed by atoms with E-state index in [1.807, 2.05) is 0 Å². The first-order valence-electron chi connectivity index (χ1n) is 3.58. The van der Waals surface area contributed by atoms with E-state index >= 15 is 0 Å². The van der Waals surface area contributed by atoms with Gasteiger partial charge in [0, 0.05) is 5.88 Å². The van der Waals surface area contributed by atoms with Gasteiger partial charge in [-0.1, -0.05) is 12.8 Å². The zero-order chi connectivity index (χ0) is 6.69. The zero-order valence-corrected chi connectivity index (χ0v) is 6.27. The fourth-order valence-electron chi connectivity index (χ4n) is 1.37. The largest absolute Gasteiger partial charge is 0.393 e. The number of alkyl halides is 1. The first kappa shape index (κ1) is 7.36. The van der Waals surface area contributed by atoms with Crippen LogP contribution in [0.4, 0.5) is 0 Å². The lowest BCUT2D eigenvalue weighted by molar-refractivity contribution is 0.0810. The molecule has 0 spiro atoms. The van der Waals surface area contributed by atoms with Gasteiger partial charge in [0.1, 0.15) is 0 Å². The van der Waals surface area contributed by atoms with Crippen molar-refractivity contribution in [3.8, 4) is 0 Å². The molecule has 1 aliphatic rings. The summed E-state index contributed by atoms with van der Waals surface area (Å²) in [6.45, 7) is 0. The molecule has 0 radical (unpaired) electrons.